The van der Waals surface area contributed by atoms with E-state index >= 15 is 0 Å². The number of hydrogen-bond acceptors (Lipinski definition) is 1. The van der Waals surface area contributed by atoms with Crippen LogP contribution in [0.2, 0.25) is 0 Å². The molecule has 0 saturated heterocycles. The van der Waals surface area contributed by atoms with Gasteiger partial charge in [-0.1, -0.05) is 27.6 Å². The summed E-state index contributed by atoms with van der Waals surface area (Å²) >= 11 is 3.12. The van der Waals surface area contributed by atoms with E-state index in [0.717, 1.165) is 5.56 Å². The van der Waals surface area contributed by atoms with Gasteiger partial charge in [-0.05, 0) is 25.6 Å². The summed E-state index contributed by atoms with van der Waals surface area (Å²) in [6, 6.07) is 4.90. The van der Waals surface area contributed by atoms with Crippen molar-refractivity contribution in [3.8, 4) is 0 Å². The molecule has 1 nitrogen and oxygen atoms in total. The second kappa shape index (κ2) is 4.36. The highest BCUT2D eigenvalue weighted by Gasteiger charge is 2.32. The smallest absolute Gasteiger partial charge is 0.275 e. The van der Waals surface area contributed by atoms with E-state index in [1.807, 2.05) is 0 Å². The number of halogens is 3. The number of rotatable bonds is 3. The van der Waals surface area contributed by atoms with Gasteiger partial charge < -0.3 is 5.73 Å². The van der Waals surface area contributed by atoms with E-state index < -0.39 is 5.92 Å². The second-order valence-electron chi connectivity index (χ2n) is 3.23. The maximum absolute atomic E-state index is 13.5. The number of alkyl halides is 2. The molecule has 0 aliphatic heterocycles. The lowest BCUT2D eigenvalue weighted by Gasteiger charge is -2.17. The summed E-state index contributed by atoms with van der Waals surface area (Å²) in [5.74, 6) is -2.85. The van der Waals surface area contributed by atoms with Gasteiger partial charge >= 0.3 is 0 Å². The van der Waals surface area contributed by atoms with Gasteiger partial charge in [0.2, 0.25) is 0 Å². The molecule has 0 spiro atoms. The molecule has 0 amide bonds. The van der Waals surface area contributed by atoms with Crippen LogP contribution in [-0.2, 0) is 5.92 Å². The summed E-state index contributed by atoms with van der Waals surface area (Å²) in [4.78, 5) is 0. The van der Waals surface area contributed by atoms with E-state index in [2.05, 4.69) is 15.9 Å². The molecule has 1 rings (SSSR count). The monoisotopic (exact) mass is 263 g/mol. The Hall–Kier alpha value is -0.480. The summed E-state index contributed by atoms with van der Waals surface area (Å²) in [5, 5.41) is 0. The first kappa shape index (κ1) is 11.6. The maximum atomic E-state index is 13.5. The third kappa shape index (κ3) is 2.51. The van der Waals surface area contributed by atoms with Gasteiger partial charge in [0.25, 0.3) is 5.92 Å². The van der Waals surface area contributed by atoms with E-state index in [1.165, 1.54) is 6.07 Å². The van der Waals surface area contributed by atoms with Crippen LogP contribution in [0.3, 0.4) is 0 Å². The number of nitrogens with two attached hydrogens (primary N) is 1. The van der Waals surface area contributed by atoms with Gasteiger partial charge in [-0.2, -0.15) is 0 Å². The molecular formula is C10H12BrF2N. The van der Waals surface area contributed by atoms with Gasteiger partial charge in [0.05, 0.1) is 0 Å². The molecule has 0 saturated carbocycles. The van der Waals surface area contributed by atoms with Crippen LogP contribution in [0.4, 0.5) is 8.78 Å². The van der Waals surface area contributed by atoms with Crippen molar-refractivity contribution in [1.82, 2.24) is 0 Å². The molecule has 0 aromatic heterocycles. The van der Waals surface area contributed by atoms with Crippen molar-refractivity contribution in [2.24, 2.45) is 5.73 Å². The first-order chi connectivity index (χ1) is 6.47. The summed E-state index contributed by atoms with van der Waals surface area (Å²) in [7, 11) is 0. The molecule has 1 aromatic carbocycles. The van der Waals surface area contributed by atoms with Crippen molar-refractivity contribution in [1.29, 1.82) is 0 Å². The summed E-state index contributed by atoms with van der Waals surface area (Å²) in [6.45, 7) is 1.77. The van der Waals surface area contributed by atoms with Crippen molar-refractivity contribution in [2.75, 3.05) is 6.54 Å². The Balaban J connectivity index is 3.10. The number of hydrogen-bond donors (Lipinski definition) is 1. The fourth-order valence-electron chi connectivity index (χ4n) is 1.24. The minimum Gasteiger partial charge on any atom is -0.330 e. The third-order valence-electron chi connectivity index (χ3n) is 1.97. The van der Waals surface area contributed by atoms with Gasteiger partial charge in [0.15, 0.2) is 0 Å². The van der Waals surface area contributed by atoms with Gasteiger partial charge in [0.1, 0.15) is 0 Å². The Morgan fingerprint density at radius 3 is 2.64 bits per heavy atom. The predicted molar refractivity (Wildman–Crippen MR) is 56.4 cm³/mol. The highest BCUT2D eigenvalue weighted by molar-refractivity contribution is 9.10. The fourth-order valence-corrected chi connectivity index (χ4v) is 1.77. The van der Waals surface area contributed by atoms with Crippen LogP contribution in [0.25, 0.3) is 0 Å². The van der Waals surface area contributed by atoms with Crippen molar-refractivity contribution >= 4 is 15.9 Å². The minimum atomic E-state index is -2.85. The zero-order valence-electron chi connectivity index (χ0n) is 7.86. The number of benzene rings is 1. The van der Waals surface area contributed by atoms with Gasteiger partial charge in [-0.3, -0.25) is 0 Å². The molecular weight excluding hydrogens is 252 g/mol. The predicted octanol–water partition coefficient (Wildman–Crippen LogP) is 3.20. The molecule has 0 fully saturated rings. The van der Waals surface area contributed by atoms with E-state index in [4.69, 9.17) is 5.73 Å². The molecule has 0 atom stereocenters. The zero-order valence-corrected chi connectivity index (χ0v) is 9.44. The molecule has 0 aliphatic rings. The molecule has 78 valence electrons. The average molecular weight is 264 g/mol. The van der Waals surface area contributed by atoms with E-state index in [-0.39, 0.29) is 18.5 Å². The molecule has 1 aromatic rings. The molecule has 0 aliphatic carbocycles. The van der Waals surface area contributed by atoms with Gasteiger partial charge in [-0.15, -0.1) is 0 Å². The molecule has 0 radical (unpaired) electrons. The standard InChI is InChI=1S/C10H12BrF2N/c1-7-2-3-9(11)8(6-7)10(12,13)4-5-14/h2-3,6H,4-5,14H2,1H3. The Bertz CT molecular complexity index is 326. The van der Waals surface area contributed by atoms with Crippen molar-refractivity contribution in [3.63, 3.8) is 0 Å². The molecule has 14 heavy (non-hydrogen) atoms. The molecule has 4 heteroatoms. The Labute approximate surface area is 90.4 Å². The highest BCUT2D eigenvalue weighted by Crippen LogP contribution is 2.36. The Morgan fingerprint density at radius 1 is 1.43 bits per heavy atom. The van der Waals surface area contributed by atoms with Gasteiger partial charge in [0, 0.05) is 16.5 Å². The summed E-state index contributed by atoms with van der Waals surface area (Å²) in [6.07, 6.45) is -0.324. The lowest BCUT2D eigenvalue weighted by atomic mass is 10.0. The number of aryl methyl sites for hydroxylation is 1. The quantitative estimate of drug-likeness (QED) is 0.891. The molecule has 2 N–H and O–H groups in total. The SMILES string of the molecule is Cc1ccc(Br)c(C(F)(F)CCN)c1. The van der Waals surface area contributed by atoms with Crippen molar-refractivity contribution in [2.45, 2.75) is 19.3 Å². The van der Waals surface area contributed by atoms with Crippen LogP contribution < -0.4 is 5.73 Å². The van der Waals surface area contributed by atoms with Crippen LogP contribution in [-0.4, -0.2) is 6.54 Å². The van der Waals surface area contributed by atoms with E-state index in [1.54, 1.807) is 19.1 Å². The lowest BCUT2D eigenvalue weighted by Crippen LogP contribution is -2.19. The van der Waals surface area contributed by atoms with E-state index in [0.29, 0.717) is 4.47 Å². The van der Waals surface area contributed by atoms with Crippen molar-refractivity contribution in [3.05, 3.63) is 33.8 Å². The van der Waals surface area contributed by atoms with Crippen LogP contribution in [0.5, 0.6) is 0 Å². The van der Waals surface area contributed by atoms with Crippen molar-refractivity contribution < 1.29 is 8.78 Å². The average Bonchev–Trinajstić information content (AvgIpc) is 2.09. The summed E-state index contributed by atoms with van der Waals surface area (Å²) < 4.78 is 27.4. The normalized spacial score (nSPS) is 11.8. The molecule has 0 unspecified atom stereocenters. The Morgan fingerprint density at radius 2 is 2.07 bits per heavy atom. The van der Waals surface area contributed by atoms with E-state index in [9.17, 15) is 8.78 Å². The highest BCUT2D eigenvalue weighted by atomic mass is 79.9. The Kier molecular flexibility index (Phi) is 3.61. The largest absolute Gasteiger partial charge is 0.330 e. The van der Waals surface area contributed by atoms with Crippen LogP contribution in [0.1, 0.15) is 17.5 Å². The first-order valence-corrected chi connectivity index (χ1v) is 5.11. The topological polar surface area (TPSA) is 26.0 Å². The summed E-state index contributed by atoms with van der Waals surface area (Å²) in [5.41, 5.74) is 5.98. The zero-order chi connectivity index (χ0) is 10.8. The molecule has 0 bridgehead atoms. The fraction of sp³-hybridized carbons (Fsp3) is 0.400. The lowest BCUT2D eigenvalue weighted by molar-refractivity contribution is -0.0115. The molecule has 0 heterocycles. The first-order valence-electron chi connectivity index (χ1n) is 4.32. The maximum Gasteiger partial charge on any atom is 0.275 e. The van der Waals surface area contributed by atoms with Crippen LogP contribution in [0, 0.1) is 6.92 Å². The van der Waals surface area contributed by atoms with Gasteiger partial charge in [-0.25, -0.2) is 8.78 Å². The van der Waals surface area contributed by atoms with Crippen LogP contribution in [0.15, 0.2) is 22.7 Å². The third-order valence-corrected chi connectivity index (χ3v) is 2.67. The van der Waals surface area contributed by atoms with Crippen LogP contribution >= 0.6 is 15.9 Å². The second-order valence-corrected chi connectivity index (χ2v) is 4.08. The minimum absolute atomic E-state index is 0.0166.